The fraction of sp³-hybridized carbons (Fsp3) is 0.895. The van der Waals surface area contributed by atoms with Gasteiger partial charge in [-0.05, 0) is 54.7 Å². The topological polar surface area (TPSA) is 0 Å². The van der Waals surface area contributed by atoms with Crippen LogP contribution in [-0.4, -0.2) is 17.3 Å². The average molecular weight is 889 g/mol. The molecular formula is C57H107S3. The van der Waals surface area contributed by atoms with E-state index in [1.807, 2.05) is 0 Å². The highest BCUT2D eigenvalue weighted by Gasteiger charge is 2.11. The van der Waals surface area contributed by atoms with E-state index in [1.54, 1.807) is 4.90 Å². The second-order valence-corrected chi connectivity index (χ2v) is 22.3. The molecule has 0 aliphatic rings. The number of hydrogen-bond donors (Lipinski definition) is 0. The molecule has 60 heavy (non-hydrogen) atoms. The summed E-state index contributed by atoms with van der Waals surface area (Å²) in [4.78, 5) is 4.64. The van der Waals surface area contributed by atoms with E-state index in [2.05, 4.69) is 74.3 Å². The molecule has 0 N–H and O–H groups in total. The van der Waals surface area contributed by atoms with Crippen molar-refractivity contribution in [2.75, 3.05) is 17.3 Å². The van der Waals surface area contributed by atoms with Crippen molar-refractivity contribution in [1.29, 1.82) is 0 Å². The van der Waals surface area contributed by atoms with Crippen molar-refractivity contribution in [3.63, 3.8) is 0 Å². The number of unbranched alkanes of at least 4 members (excludes halogenated alkanes) is 42. The molecule has 0 saturated carbocycles. The van der Waals surface area contributed by atoms with Crippen LogP contribution < -0.4 is 0 Å². The van der Waals surface area contributed by atoms with E-state index in [4.69, 9.17) is 0 Å². The highest BCUT2D eigenvalue weighted by atomic mass is 32.2. The van der Waals surface area contributed by atoms with Gasteiger partial charge in [-0.3, -0.25) is 0 Å². The van der Waals surface area contributed by atoms with Gasteiger partial charge in [0.15, 0.2) is 0 Å². The van der Waals surface area contributed by atoms with Gasteiger partial charge in [-0.25, -0.2) is 0 Å². The van der Waals surface area contributed by atoms with Crippen LogP contribution in [0.1, 0.15) is 310 Å². The van der Waals surface area contributed by atoms with Crippen LogP contribution in [0.5, 0.6) is 0 Å². The third kappa shape index (κ3) is 41.0. The first-order valence-electron chi connectivity index (χ1n) is 27.8. The monoisotopic (exact) mass is 888 g/mol. The molecule has 3 heteroatoms. The van der Waals surface area contributed by atoms with Gasteiger partial charge in [-0.15, -0.1) is 35.3 Å². The number of thioether (sulfide) groups is 3. The van der Waals surface area contributed by atoms with Crippen molar-refractivity contribution in [2.45, 2.75) is 324 Å². The second kappa shape index (κ2) is 50.3. The standard InChI is InChI=1S/C57H107S3/c1-4-7-10-13-16-19-22-25-28-31-34-37-40-43-46-52-58-55-50-49-51-56(59-53-47-44-41-38-35-32-29-26-23-20-17-14-11-8-5-2)57(55)60-54-48-45-42-39-36-33-30-27-24-21-18-15-12-9-6-3/h50-51H,4-48,52-54H2,1-3H3. The fourth-order valence-electron chi connectivity index (χ4n) is 8.76. The minimum atomic E-state index is 1.27. The van der Waals surface area contributed by atoms with Crippen molar-refractivity contribution in [3.8, 4) is 0 Å². The zero-order valence-corrected chi connectivity index (χ0v) is 43.8. The maximum atomic E-state index is 3.58. The van der Waals surface area contributed by atoms with Crippen LogP contribution in [0.3, 0.4) is 0 Å². The molecule has 0 aliphatic heterocycles. The lowest BCUT2D eigenvalue weighted by molar-refractivity contribution is 0.535. The third-order valence-corrected chi connectivity index (χ3v) is 16.6. The molecule has 0 nitrogen and oxygen atoms in total. The van der Waals surface area contributed by atoms with Crippen LogP contribution >= 0.6 is 35.3 Å². The van der Waals surface area contributed by atoms with Crippen LogP contribution in [0.25, 0.3) is 0 Å². The summed E-state index contributed by atoms with van der Waals surface area (Å²) in [6.45, 7) is 6.95. The Hall–Kier alpha value is 0.270. The number of benzene rings is 1. The maximum Gasteiger partial charge on any atom is 0.0345 e. The predicted octanol–water partition coefficient (Wildman–Crippen LogP) is 22.4. The van der Waals surface area contributed by atoms with Crippen molar-refractivity contribution < 1.29 is 0 Å². The van der Waals surface area contributed by atoms with Gasteiger partial charge < -0.3 is 0 Å². The lowest BCUT2D eigenvalue weighted by Gasteiger charge is -2.14. The van der Waals surface area contributed by atoms with Crippen molar-refractivity contribution in [3.05, 3.63) is 18.2 Å². The largest absolute Gasteiger partial charge is 0.125 e. The molecular weight excluding hydrogens is 781 g/mol. The molecule has 0 heterocycles. The minimum absolute atomic E-state index is 1.27. The average Bonchev–Trinajstić information content (AvgIpc) is 3.26. The van der Waals surface area contributed by atoms with Gasteiger partial charge in [-0.2, -0.15) is 0 Å². The first kappa shape index (κ1) is 58.3. The van der Waals surface area contributed by atoms with Crippen LogP contribution in [0.15, 0.2) is 26.8 Å². The minimum Gasteiger partial charge on any atom is -0.125 e. The van der Waals surface area contributed by atoms with Crippen molar-refractivity contribution in [1.82, 2.24) is 0 Å². The van der Waals surface area contributed by atoms with E-state index >= 15 is 0 Å². The Morgan fingerprint density at radius 1 is 0.250 bits per heavy atom. The summed E-state index contributed by atoms with van der Waals surface area (Å²) in [6, 6.07) is 8.22. The van der Waals surface area contributed by atoms with E-state index in [0.29, 0.717) is 0 Å². The lowest BCUT2D eigenvalue weighted by atomic mass is 10.0. The van der Waals surface area contributed by atoms with Crippen LogP contribution in [0.4, 0.5) is 0 Å². The molecule has 0 aromatic heterocycles. The summed E-state index contributed by atoms with van der Waals surface area (Å²) >= 11 is 6.44. The molecule has 0 unspecified atom stereocenters. The summed E-state index contributed by atoms with van der Waals surface area (Å²) in [5, 5.41) is 0. The molecule has 1 aromatic rings. The molecule has 0 aliphatic carbocycles. The van der Waals surface area contributed by atoms with E-state index in [-0.39, 0.29) is 0 Å². The Morgan fingerprint density at radius 3 is 0.650 bits per heavy atom. The summed E-state index contributed by atoms with van der Waals surface area (Å²) < 4.78 is 0. The lowest BCUT2D eigenvalue weighted by Crippen LogP contribution is -1.91. The van der Waals surface area contributed by atoms with E-state index < -0.39 is 0 Å². The van der Waals surface area contributed by atoms with Crippen molar-refractivity contribution in [2.24, 2.45) is 0 Å². The van der Waals surface area contributed by atoms with Gasteiger partial charge in [0, 0.05) is 14.7 Å². The van der Waals surface area contributed by atoms with Gasteiger partial charge >= 0.3 is 0 Å². The predicted molar refractivity (Wildman–Crippen MR) is 282 cm³/mol. The van der Waals surface area contributed by atoms with Gasteiger partial charge in [0.2, 0.25) is 0 Å². The smallest absolute Gasteiger partial charge is 0.0345 e. The summed E-state index contributed by atoms with van der Waals surface area (Å²) in [6.07, 6.45) is 64.9. The van der Waals surface area contributed by atoms with Gasteiger partial charge in [0.25, 0.3) is 0 Å². The molecule has 0 bridgehead atoms. The zero-order valence-electron chi connectivity index (χ0n) is 41.3. The number of hydrogen-bond acceptors (Lipinski definition) is 3. The van der Waals surface area contributed by atoms with Gasteiger partial charge in [-0.1, -0.05) is 290 Å². The number of rotatable bonds is 51. The molecule has 0 atom stereocenters. The first-order chi connectivity index (χ1) is 29.8. The highest BCUT2D eigenvalue weighted by Crippen LogP contribution is 2.40. The molecule has 353 valence electrons. The highest BCUT2D eigenvalue weighted by molar-refractivity contribution is 8.03. The quantitative estimate of drug-likeness (QED) is 0.0473. The Bertz CT molecular complexity index is 891. The molecule has 0 amide bonds. The molecule has 0 fully saturated rings. The zero-order chi connectivity index (χ0) is 42.9. The maximum absolute atomic E-state index is 3.58. The Morgan fingerprint density at radius 2 is 0.433 bits per heavy atom. The fourth-order valence-corrected chi connectivity index (χ4v) is 12.4. The van der Waals surface area contributed by atoms with E-state index in [1.165, 1.54) is 316 Å². The molecule has 1 radical (unpaired) electrons. The van der Waals surface area contributed by atoms with E-state index in [0.717, 1.165) is 0 Å². The second-order valence-electron chi connectivity index (χ2n) is 18.9. The summed E-state index contributed by atoms with van der Waals surface area (Å²) in [7, 11) is 0. The third-order valence-electron chi connectivity index (χ3n) is 12.9. The normalized spacial score (nSPS) is 11.7. The van der Waals surface area contributed by atoms with Gasteiger partial charge in [0.05, 0.1) is 0 Å². The van der Waals surface area contributed by atoms with Crippen molar-refractivity contribution >= 4 is 35.3 Å². The van der Waals surface area contributed by atoms with Gasteiger partial charge in [0.1, 0.15) is 0 Å². The van der Waals surface area contributed by atoms with Crippen LogP contribution in [0.2, 0.25) is 0 Å². The molecule has 1 aromatic carbocycles. The van der Waals surface area contributed by atoms with Crippen LogP contribution in [0, 0.1) is 6.07 Å². The SMILES string of the molecule is CCCCCCCCCCCCCCCCCSc1c[c]cc(SCCCCCCCCCCCCCCCCC)c1SCCCCCCCCCCCCCCCCC. The Kier molecular flexibility index (Phi) is 48.8. The Labute approximate surface area is 392 Å². The first-order valence-corrected chi connectivity index (χ1v) is 30.7. The summed E-state index contributed by atoms with van der Waals surface area (Å²) in [5.74, 6) is 3.82. The molecule has 0 spiro atoms. The molecule has 0 saturated heterocycles. The Balaban J connectivity index is 2.30. The molecule has 1 rings (SSSR count). The summed E-state index contributed by atoms with van der Waals surface area (Å²) in [5.41, 5.74) is 0. The van der Waals surface area contributed by atoms with E-state index in [9.17, 15) is 0 Å². The van der Waals surface area contributed by atoms with Crippen LogP contribution in [-0.2, 0) is 0 Å².